The number of hydrogen-bond donors (Lipinski definition) is 2. The van der Waals surface area contributed by atoms with Gasteiger partial charge >= 0.3 is 0 Å². The second-order valence-electron chi connectivity index (χ2n) is 5.03. The van der Waals surface area contributed by atoms with Crippen LogP contribution in [0.3, 0.4) is 0 Å². The highest BCUT2D eigenvalue weighted by Gasteiger charge is 2.48. The second-order valence-corrected chi connectivity index (χ2v) is 5.03. The lowest BCUT2D eigenvalue weighted by Gasteiger charge is -2.20. The third-order valence-corrected chi connectivity index (χ3v) is 3.98. The number of aliphatic hydroxyl groups is 2. The molecule has 88 valence electrons. The van der Waals surface area contributed by atoms with Gasteiger partial charge in [-0.15, -0.1) is 0 Å². The van der Waals surface area contributed by atoms with Crippen molar-refractivity contribution >= 4 is 0 Å². The number of imidazole rings is 1. The average Bonchev–Trinajstić information content (AvgIpc) is 3.04. The number of rotatable bonds is 3. The molecule has 16 heavy (non-hydrogen) atoms. The van der Waals surface area contributed by atoms with Gasteiger partial charge < -0.3 is 14.8 Å². The van der Waals surface area contributed by atoms with Crippen LogP contribution in [-0.2, 0) is 25.0 Å². The molecule has 2 heterocycles. The summed E-state index contributed by atoms with van der Waals surface area (Å²) in [6.45, 7) is 1.21. The molecule has 1 saturated carbocycles. The molecule has 0 atom stereocenters. The number of aromatic nitrogens is 2. The fraction of sp³-hybridized carbons (Fsp3) is 0.750. The van der Waals surface area contributed by atoms with Crippen LogP contribution in [0.5, 0.6) is 0 Å². The SMILES string of the molecule is OCc1nc(C2(CO)CC2)n2c1CCCC2. The van der Waals surface area contributed by atoms with Gasteiger partial charge in [-0.25, -0.2) is 4.98 Å². The van der Waals surface area contributed by atoms with Gasteiger partial charge in [0.15, 0.2) is 0 Å². The van der Waals surface area contributed by atoms with Crippen molar-refractivity contribution < 1.29 is 10.2 Å². The number of fused-ring (bicyclic) bond motifs is 1. The predicted octanol–water partition coefficient (Wildman–Crippen LogP) is 0.736. The predicted molar refractivity (Wildman–Crippen MR) is 59.1 cm³/mol. The molecule has 0 unspecified atom stereocenters. The Kier molecular flexibility index (Phi) is 2.30. The molecule has 0 bridgehead atoms. The van der Waals surface area contributed by atoms with E-state index in [9.17, 15) is 10.2 Å². The Balaban J connectivity index is 2.08. The average molecular weight is 222 g/mol. The van der Waals surface area contributed by atoms with Crippen molar-refractivity contribution in [3.05, 3.63) is 17.2 Å². The molecule has 1 aliphatic carbocycles. The molecule has 1 fully saturated rings. The molecule has 3 rings (SSSR count). The van der Waals surface area contributed by atoms with E-state index in [4.69, 9.17) is 0 Å². The molecule has 2 N–H and O–H groups in total. The Morgan fingerprint density at radius 2 is 2.06 bits per heavy atom. The van der Waals surface area contributed by atoms with Gasteiger partial charge in [0.1, 0.15) is 5.82 Å². The van der Waals surface area contributed by atoms with Gasteiger partial charge in [-0.3, -0.25) is 0 Å². The van der Waals surface area contributed by atoms with E-state index in [2.05, 4.69) is 9.55 Å². The Bertz CT molecular complexity index is 407. The van der Waals surface area contributed by atoms with Crippen molar-refractivity contribution in [3.8, 4) is 0 Å². The first-order valence-electron chi connectivity index (χ1n) is 6.11. The quantitative estimate of drug-likeness (QED) is 0.793. The summed E-state index contributed by atoms with van der Waals surface area (Å²) in [7, 11) is 0. The summed E-state index contributed by atoms with van der Waals surface area (Å²) >= 11 is 0. The van der Waals surface area contributed by atoms with E-state index >= 15 is 0 Å². The van der Waals surface area contributed by atoms with Crippen LogP contribution in [0.4, 0.5) is 0 Å². The minimum Gasteiger partial charge on any atom is -0.395 e. The van der Waals surface area contributed by atoms with E-state index in [0.717, 1.165) is 37.3 Å². The van der Waals surface area contributed by atoms with E-state index in [0.29, 0.717) is 0 Å². The van der Waals surface area contributed by atoms with Crippen LogP contribution in [0.15, 0.2) is 0 Å². The number of aliphatic hydroxyl groups excluding tert-OH is 2. The lowest BCUT2D eigenvalue weighted by Crippen LogP contribution is -2.22. The Labute approximate surface area is 94.9 Å². The molecule has 1 aromatic heterocycles. The highest BCUT2D eigenvalue weighted by atomic mass is 16.3. The minimum atomic E-state index is -0.0838. The summed E-state index contributed by atoms with van der Waals surface area (Å²) in [5.74, 6) is 1.02. The summed E-state index contributed by atoms with van der Waals surface area (Å²) in [4.78, 5) is 4.57. The van der Waals surface area contributed by atoms with Crippen LogP contribution in [-0.4, -0.2) is 26.4 Å². The normalized spacial score (nSPS) is 21.9. The third kappa shape index (κ3) is 1.33. The number of nitrogens with zero attached hydrogens (tertiary/aromatic N) is 2. The minimum absolute atomic E-state index is 0.0246. The zero-order chi connectivity index (χ0) is 11.2. The van der Waals surface area contributed by atoms with E-state index in [1.54, 1.807) is 0 Å². The number of hydrogen-bond acceptors (Lipinski definition) is 3. The van der Waals surface area contributed by atoms with Gasteiger partial charge in [-0.1, -0.05) is 0 Å². The summed E-state index contributed by atoms with van der Waals surface area (Å²) in [5.41, 5.74) is 1.94. The van der Waals surface area contributed by atoms with Crippen LogP contribution in [0, 0.1) is 0 Å². The first-order chi connectivity index (χ1) is 7.80. The lowest BCUT2D eigenvalue weighted by molar-refractivity contribution is 0.245. The van der Waals surface area contributed by atoms with Gasteiger partial charge in [0.05, 0.1) is 24.3 Å². The molecule has 0 amide bonds. The molecule has 2 aliphatic rings. The molecule has 0 aromatic carbocycles. The van der Waals surface area contributed by atoms with E-state index < -0.39 is 0 Å². The third-order valence-electron chi connectivity index (χ3n) is 3.98. The van der Waals surface area contributed by atoms with Crippen molar-refractivity contribution in [2.75, 3.05) is 6.61 Å². The standard InChI is InChI=1S/C12H18N2O2/c15-7-9-10-3-1-2-6-14(10)11(13-9)12(8-16)4-5-12/h15-16H,1-8H2. The van der Waals surface area contributed by atoms with Crippen molar-refractivity contribution in [3.63, 3.8) is 0 Å². The molecule has 0 spiro atoms. The van der Waals surface area contributed by atoms with E-state index in [1.807, 2.05) is 0 Å². The molecular formula is C12H18N2O2. The first-order valence-corrected chi connectivity index (χ1v) is 6.11. The molecule has 0 saturated heterocycles. The zero-order valence-electron chi connectivity index (χ0n) is 9.45. The largest absolute Gasteiger partial charge is 0.395 e. The Morgan fingerprint density at radius 1 is 1.25 bits per heavy atom. The van der Waals surface area contributed by atoms with Crippen LogP contribution in [0.1, 0.15) is 42.9 Å². The topological polar surface area (TPSA) is 58.3 Å². The van der Waals surface area contributed by atoms with Gasteiger partial charge in [0, 0.05) is 12.2 Å². The Hall–Kier alpha value is -0.870. The molecule has 1 aromatic rings. The van der Waals surface area contributed by atoms with E-state index in [1.165, 1.54) is 18.5 Å². The van der Waals surface area contributed by atoms with E-state index in [-0.39, 0.29) is 18.6 Å². The maximum atomic E-state index is 9.48. The highest BCUT2D eigenvalue weighted by Crippen LogP contribution is 2.48. The molecule has 4 nitrogen and oxygen atoms in total. The van der Waals surface area contributed by atoms with Gasteiger partial charge in [0.2, 0.25) is 0 Å². The van der Waals surface area contributed by atoms with Crippen molar-refractivity contribution in [1.29, 1.82) is 0 Å². The second kappa shape index (κ2) is 3.57. The van der Waals surface area contributed by atoms with Crippen molar-refractivity contribution in [2.24, 2.45) is 0 Å². The molecule has 1 aliphatic heterocycles. The summed E-state index contributed by atoms with van der Waals surface area (Å²) < 4.78 is 2.25. The summed E-state index contributed by atoms with van der Waals surface area (Å²) in [6.07, 6.45) is 5.45. The first kappa shape index (κ1) is 10.3. The zero-order valence-corrected chi connectivity index (χ0v) is 9.45. The highest BCUT2D eigenvalue weighted by molar-refractivity contribution is 5.28. The van der Waals surface area contributed by atoms with Crippen LogP contribution >= 0.6 is 0 Å². The Morgan fingerprint density at radius 3 is 2.69 bits per heavy atom. The maximum absolute atomic E-state index is 9.48. The lowest BCUT2D eigenvalue weighted by atomic mass is 10.1. The van der Waals surface area contributed by atoms with Crippen molar-refractivity contribution in [1.82, 2.24) is 9.55 Å². The maximum Gasteiger partial charge on any atom is 0.117 e. The van der Waals surface area contributed by atoms with Gasteiger partial charge in [-0.2, -0.15) is 0 Å². The molecule has 4 heteroatoms. The van der Waals surface area contributed by atoms with Gasteiger partial charge in [0.25, 0.3) is 0 Å². The molecular weight excluding hydrogens is 204 g/mol. The van der Waals surface area contributed by atoms with Crippen LogP contribution in [0.25, 0.3) is 0 Å². The van der Waals surface area contributed by atoms with Gasteiger partial charge in [-0.05, 0) is 32.1 Å². The molecule has 0 radical (unpaired) electrons. The smallest absolute Gasteiger partial charge is 0.117 e. The summed E-state index contributed by atoms with van der Waals surface area (Å²) in [5, 5.41) is 18.8. The monoisotopic (exact) mass is 222 g/mol. The fourth-order valence-electron chi connectivity index (χ4n) is 2.75. The fourth-order valence-corrected chi connectivity index (χ4v) is 2.75. The van der Waals surface area contributed by atoms with Crippen LogP contribution < -0.4 is 0 Å². The van der Waals surface area contributed by atoms with Crippen molar-refractivity contribution in [2.45, 2.75) is 50.7 Å². The van der Waals surface area contributed by atoms with Crippen LogP contribution in [0.2, 0.25) is 0 Å². The summed E-state index contributed by atoms with van der Waals surface area (Å²) in [6, 6.07) is 0.